The van der Waals surface area contributed by atoms with Crippen LogP contribution in [0.5, 0.6) is 0 Å². The quantitative estimate of drug-likeness (QED) is 0.719. The van der Waals surface area contributed by atoms with E-state index in [1.165, 1.54) is 18.5 Å². The summed E-state index contributed by atoms with van der Waals surface area (Å²) in [5, 5.41) is 7.42. The van der Waals surface area contributed by atoms with Gasteiger partial charge in [0.15, 0.2) is 0 Å². The number of carbonyl (C=O) groups excluding carboxylic acids is 1. The van der Waals surface area contributed by atoms with E-state index in [0.29, 0.717) is 22.8 Å². The average molecular weight is 364 g/mol. The molecule has 4 rings (SSSR count). The predicted molar refractivity (Wildman–Crippen MR) is 98.2 cm³/mol. The fraction of sp³-hybridized carbons (Fsp3) is 0.150. The molecule has 0 fully saturated rings. The SMILES string of the molecule is CCOC(=O)C1=C(c2ccccc2)Nc2ncnn2[C@H]1c1cccc(F)c1. The van der Waals surface area contributed by atoms with Gasteiger partial charge in [0.05, 0.1) is 17.9 Å². The highest BCUT2D eigenvalue weighted by molar-refractivity contribution is 6.02. The number of benzene rings is 2. The van der Waals surface area contributed by atoms with Gasteiger partial charge in [-0.25, -0.2) is 13.9 Å². The molecule has 2 heterocycles. The Labute approximate surface area is 155 Å². The van der Waals surface area contributed by atoms with Gasteiger partial charge in [-0.2, -0.15) is 10.1 Å². The van der Waals surface area contributed by atoms with Gasteiger partial charge in [-0.3, -0.25) is 0 Å². The minimum atomic E-state index is -0.659. The van der Waals surface area contributed by atoms with Crippen LogP contribution in [0.4, 0.5) is 10.3 Å². The lowest BCUT2D eigenvalue weighted by Crippen LogP contribution is -2.30. The van der Waals surface area contributed by atoms with E-state index in [-0.39, 0.29) is 6.61 Å². The maximum absolute atomic E-state index is 13.9. The van der Waals surface area contributed by atoms with Crippen molar-refractivity contribution < 1.29 is 13.9 Å². The number of esters is 1. The van der Waals surface area contributed by atoms with Gasteiger partial charge in [0.25, 0.3) is 0 Å². The summed E-state index contributed by atoms with van der Waals surface area (Å²) in [6.07, 6.45) is 1.39. The first-order valence-corrected chi connectivity index (χ1v) is 8.57. The van der Waals surface area contributed by atoms with E-state index >= 15 is 0 Å². The number of hydrogen-bond donors (Lipinski definition) is 1. The zero-order valence-corrected chi connectivity index (χ0v) is 14.6. The molecular formula is C20H17FN4O2. The van der Waals surface area contributed by atoms with E-state index in [0.717, 1.165) is 5.56 Å². The van der Waals surface area contributed by atoms with Crippen LogP contribution in [0.15, 0.2) is 66.5 Å². The van der Waals surface area contributed by atoms with E-state index < -0.39 is 17.8 Å². The van der Waals surface area contributed by atoms with Gasteiger partial charge in [-0.15, -0.1) is 0 Å². The summed E-state index contributed by atoms with van der Waals surface area (Å²) < 4.78 is 20.8. The number of nitrogens with one attached hydrogen (secondary N) is 1. The van der Waals surface area contributed by atoms with Crippen LogP contribution in [0, 0.1) is 5.82 Å². The molecule has 1 atom stereocenters. The molecule has 27 heavy (non-hydrogen) atoms. The van der Waals surface area contributed by atoms with Gasteiger partial charge < -0.3 is 10.1 Å². The second kappa shape index (κ2) is 7.03. The van der Waals surface area contributed by atoms with Crippen molar-refractivity contribution in [3.63, 3.8) is 0 Å². The van der Waals surface area contributed by atoms with Gasteiger partial charge in [0.2, 0.25) is 5.95 Å². The summed E-state index contributed by atoms with van der Waals surface area (Å²) in [7, 11) is 0. The standard InChI is InChI=1S/C20H17FN4O2/c1-2-27-19(26)16-17(13-7-4-3-5-8-13)24-20-22-12-23-25(20)18(16)14-9-6-10-15(21)11-14/h3-12,18H,2H2,1H3,(H,22,23,24)/t18-/m0/s1. The fourth-order valence-electron chi connectivity index (χ4n) is 3.21. The van der Waals surface area contributed by atoms with Crippen molar-refractivity contribution in [3.05, 3.63) is 83.4 Å². The Morgan fingerprint density at radius 3 is 2.78 bits per heavy atom. The van der Waals surface area contributed by atoms with Crippen LogP contribution >= 0.6 is 0 Å². The topological polar surface area (TPSA) is 69.0 Å². The molecule has 1 N–H and O–H groups in total. The number of halogens is 1. The zero-order valence-electron chi connectivity index (χ0n) is 14.6. The molecule has 6 nitrogen and oxygen atoms in total. The molecule has 0 spiro atoms. The molecule has 0 bridgehead atoms. The van der Waals surface area contributed by atoms with Crippen LogP contribution in [0.2, 0.25) is 0 Å². The number of carbonyl (C=O) groups is 1. The highest BCUT2D eigenvalue weighted by atomic mass is 19.1. The van der Waals surface area contributed by atoms with Crippen molar-refractivity contribution >= 4 is 17.6 Å². The Morgan fingerprint density at radius 2 is 2.04 bits per heavy atom. The van der Waals surface area contributed by atoms with Crippen LogP contribution in [0.1, 0.15) is 24.1 Å². The molecule has 0 aliphatic carbocycles. The monoisotopic (exact) mass is 364 g/mol. The molecule has 3 aromatic rings. The number of aromatic nitrogens is 3. The third kappa shape index (κ3) is 3.08. The number of ether oxygens (including phenoxy) is 1. The minimum Gasteiger partial charge on any atom is -0.463 e. The summed E-state index contributed by atoms with van der Waals surface area (Å²) >= 11 is 0. The van der Waals surface area contributed by atoms with Crippen LogP contribution in [-0.4, -0.2) is 27.3 Å². The number of hydrogen-bond acceptors (Lipinski definition) is 5. The summed E-state index contributed by atoms with van der Waals surface area (Å²) in [6.45, 7) is 1.97. The van der Waals surface area contributed by atoms with Crippen molar-refractivity contribution in [1.29, 1.82) is 0 Å². The maximum atomic E-state index is 13.9. The highest BCUT2D eigenvalue weighted by Crippen LogP contribution is 2.38. The van der Waals surface area contributed by atoms with E-state index in [1.54, 1.807) is 23.7 Å². The van der Waals surface area contributed by atoms with Gasteiger partial charge in [-0.05, 0) is 30.2 Å². The summed E-state index contributed by atoms with van der Waals surface area (Å²) in [6, 6.07) is 14.9. The van der Waals surface area contributed by atoms with Crippen LogP contribution in [0.25, 0.3) is 5.70 Å². The molecule has 1 aromatic heterocycles. The largest absolute Gasteiger partial charge is 0.463 e. The summed E-state index contributed by atoms with van der Waals surface area (Å²) in [5.41, 5.74) is 2.31. The summed E-state index contributed by atoms with van der Waals surface area (Å²) in [5.74, 6) is -0.410. The number of fused-ring (bicyclic) bond motifs is 1. The molecule has 0 unspecified atom stereocenters. The van der Waals surface area contributed by atoms with Crippen molar-refractivity contribution in [2.75, 3.05) is 11.9 Å². The lowest BCUT2D eigenvalue weighted by Gasteiger charge is -2.29. The Balaban J connectivity index is 1.97. The van der Waals surface area contributed by atoms with Crippen molar-refractivity contribution in [3.8, 4) is 0 Å². The first-order chi connectivity index (χ1) is 13.2. The lowest BCUT2D eigenvalue weighted by atomic mass is 9.93. The predicted octanol–water partition coefficient (Wildman–Crippen LogP) is 3.41. The fourth-order valence-corrected chi connectivity index (χ4v) is 3.21. The zero-order chi connectivity index (χ0) is 18.8. The number of nitrogens with zero attached hydrogens (tertiary/aromatic N) is 3. The van der Waals surface area contributed by atoms with Gasteiger partial charge in [-0.1, -0.05) is 42.5 Å². The lowest BCUT2D eigenvalue weighted by molar-refractivity contribution is -0.138. The van der Waals surface area contributed by atoms with Crippen molar-refractivity contribution in [2.24, 2.45) is 0 Å². The van der Waals surface area contributed by atoms with Crippen molar-refractivity contribution in [2.45, 2.75) is 13.0 Å². The molecule has 0 saturated heterocycles. The molecule has 7 heteroatoms. The Bertz CT molecular complexity index is 1010. The molecule has 1 aliphatic rings. The van der Waals surface area contributed by atoms with Gasteiger partial charge in [0, 0.05) is 0 Å². The normalized spacial score (nSPS) is 15.9. The smallest absolute Gasteiger partial charge is 0.338 e. The molecule has 2 aromatic carbocycles. The molecule has 0 saturated carbocycles. The maximum Gasteiger partial charge on any atom is 0.338 e. The Hall–Kier alpha value is -3.48. The Morgan fingerprint density at radius 1 is 1.22 bits per heavy atom. The van der Waals surface area contributed by atoms with Crippen LogP contribution in [-0.2, 0) is 9.53 Å². The molecular weight excluding hydrogens is 347 g/mol. The van der Waals surface area contributed by atoms with E-state index in [9.17, 15) is 9.18 Å². The second-order valence-corrected chi connectivity index (χ2v) is 5.99. The van der Waals surface area contributed by atoms with Crippen LogP contribution in [0.3, 0.4) is 0 Å². The van der Waals surface area contributed by atoms with E-state index in [2.05, 4.69) is 15.4 Å². The molecule has 1 aliphatic heterocycles. The second-order valence-electron chi connectivity index (χ2n) is 5.99. The average Bonchev–Trinajstić information content (AvgIpc) is 3.15. The first-order valence-electron chi connectivity index (χ1n) is 8.57. The minimum absolute atomic E-state index is 0.227. The van der Waals surface area contributed by atoms with E-state index in [4.69, 9.17) is 4.74 Å². The third-order valence-electron chi connectivity index (χ3n) is 4.32. The number of rotatable bonds is 4. The molecule has 0 radical (unpaired) electrons. The Kier molecular flexibility index (Phi) is 4.42. The summed E-state index contributed by atoms with van der Waals surface area (Å²) in [4.78, 5) is 17.1. The van der Waals surface area contributed by atoms with Crippen molar-refractivity contribution in [1.82, 2.24) is 14.8 Å². The van der Waals surface area contributed by atoms with Gasteiger partial charge >= 0.3 is 5.97 Å². The molecule has 136 valence electrons. The van der Waals surface area contributed by atoms with E-state index in [1.807, 2.05) is 30.3 Å². The molecule has 0 amide bonds. The first kappa shape index (κ1) is 17.0. The van der Waals surface area contributed by atoms with Crippen LogP contribution < -0.4 is 5.32 Å². The number of anilines is 1. The highest BCUT2D eigenvalue weighted by Gasteiger charge is 2.36. The van der Waals surface area contributed by atoms with Gasteiger partial charge in [0.1, 0.15) is 18.2 Å². The third-order valence-corrected chi connectivity index (χ3v) is 4.32.